The number of benzene rings is 1. The van der Waals surface area contributed by atoms with Gasteiger partial charge in [-0.2, -0.15) is 0 Å². The van der Waals surface area contributed by atoms with Gasteiger partial charge in [0.15, 0.2) is 0 Å². The lowest BCUT2D eigenvalue weighted by molar-refractivity contribution is 0.278. The molecule has 2 heterocycles. The lowest BCUT2D eigenvalue weighted by Gasteiger charge is -2.07. The Kier molecular flexibility index (Phi) is 3.39. The Balaban J connectivity index is 2.06. The number of rotatable bonds is 3. The van der Waals surface area contributed by atoms with Crippen LogP contribution in [0.2, 0.25) is 0 Å². The van der Waals surface area contributed by atoms with Gasteiger partial charge >= 0.3 is 0 Å². The van der Waals surface area contributed by atoms with E-state index in [1.807, 2.05) is 36.4 Å². The van der Waals surface area contributed by atoms with Crippen molar-refractivity contribution in [2.24, 2.45) is 0 Å². The second-order valence-electron chi connectivity index (χ2n) is 3.95. The van der Waals surface area contributed by atoms with Gasteiger partial charge in [0.25, 0.3) is 0 Å². The van der Waals surface area contributed by atoms with Crippen LogP contribution in [0, 0.1) is 0 Å². The quantitative estimate of drug-likeness (QED) is 0.741. The fourth-order valence-corrected chi connectivity index (χ4v) is 2.61. The third-order valence-corrected chi connectivity index (χ3v) is 3.69. The number of nitrogens with zero attached hydrogens (tertiary/aromatic N) is 3. The van der Waals surface area contributed by atoms with Gasteiger partial charge < -0.3 is 5.11 Å². The predicted octanol–water partition coefficient (Wildman–Crippen LogP) is 2.67. The monoisotopic (exact) mass is 269 g/mol. The molecule has 3 rings (SSSR count). The molecule has 3 aromatic rings. The lowest BCUT2D eigenvalue weighted by atomic mass is 10.2. The maximum atomic E-state index is 9.47. The SMILES string of the molecule is OCc1cc2ccccc2nc1Sc1ccncn1. The summed E-state index contributed by atoms with van der Waals surface area (Å²) in [7, 11) is 0. The van der Waals surface area contributed by atoms with Crippen molar-refractivity contribution < 1.29 is 5.11 Å². The predicted molar refractivity (Wildman–Crippen MR) is 73.8 cm³/mol. The van der Waals surface area contributed by atoms with E-state index < -0.39 is 0 Å². The van der Waals surface area contributed by atoms with Crippen molar-refractivity contribution in [3.63, 3.8) is 0 Å². The molecule has 1 aromatic carbocycles. The van der Waals surface area contributed by atoms with E-state index in [2.05, 4.69) is 15.0 Å². The molecular weight excluding hydrogens is 258 g/mol. The van der Waals surface area contributed by atoms with Crippen LogP contribution in [0.5, 0.6) is 0 Å². The normalized spacial score (nSPS) is 10.8. The van der Waals surface area contributed by atoms with E-state index in [9.17, 15) is 5.11 Å². The first-order chi connectivity index (χ1) is 9.36. The molecule has 0 saturated carbocycles. The van der Waals surface area contributed by atoms with Crippen LogP contribution in [0.1, 0.15) is 5.56 Å². The molecule has 1 N–H and O–H groups in total. The van der Waals surface area contributed by atoms with Crippen molar-refractivity contribution in [2.45, 2.75) is 16.7 Å². The first-order valence-electron chi connectivity index (χ1n) is 5.80. The van der Waals surface area contributed by atoms with E-state index in [-0.39, 0.29) is 6.61 Å². The summed E-state index contributed by atoms with van der Waals surface area (Å²) in [6.07, 6.45) is 3.19. The van der Waals surface area contributed by atoms with Gasteiger partial charge in [-0.15, -0.1) is 0 Å². The van der Waals surface area contributed by atoms with Crippen molar-refractivity contribution in [1.29, 1.82) is 0 Å². The van der Waals surface area contributed by atoms with Crippen LogP contribution in [-0.2, 0) is 6.61 Å². The third kappa shape index (κ3) is 2.57. The Morgan fingerprint density at radius 2 is 2.05 bits per heavy atom. The fourth-order valence-electron chi connectivity index (χ4n) is 1.78. The van der Waals surface area contributed by atoms with Crippen molar-refractivity contribution in [3.05, 3.63) is 54.5 Å². The highest BCUT2D eigenvalue weighted by Crippen LogP contribution is 2.29. The first kappa shape index (κ1) is 12.1. The summed E-state index contributed by atoms with van der Waals surface area (Å²) in [5.74, 6) is 0. The number of aromatic nitrogens is 3. The van der Waals surface area contributed by atoms with E-state index >= 15 is 0 Å². The zero-order valence-corrected chi connectivity index (χ0v) is 10.8. The maximum absolute atomic E-state index is 9.47. The summed E-state index contributed by atoms with van der Waals surface area (Å²) in [5, 5.41) is 12.1. The van der Waals surface area contributed by atoms with Crippen LogP contribution in [0.25, 0.3) is 10.9 Å². The third-order valence-electron chi connectivity index (χ3n) is 2.69. The average molecular weight is 269 g/mol. The zero-order valence-electron chi connectivity index (χ0n) is 10.0. The Labute approximate surface area is 114 Å². The van der Waals surface area contributed by atoms with Crippen molar-refractivity contribution in [1.82, 2.24) is 15.0 Å². The number of aliphatic hydroxyl groups is 1. The minimum atomic E-state index is -0.0365. The minimum absolute atomic E-state index is 0.0365. The highest BCUT2D eigenvalue weighted by atomic mass is 32.2. The Morgan fingerprint density at radius 1 is 1.16 bits per heavy atom. The summed E-state index contributed by atoms with van der Waals surface area (Å²) in [6.45, 7) is -0.0365. The summed E-state index contributed by atoms with van der Waals surface area (Å²) < 4.78 is 0. The van der Waals surface area contributed by atoms with Crippen LogP contribution >= 0.6 is 11.8 Å². The second kappa shape index (κ2) is 5.34. The number of hydrogen-bond donors (Lipinski definition) is 1. The van der Waals surface area contributed by atoms with Gasteiger partial charge in [0.1, 0.15) is 16.4 Å². The molecule has 0 atom stereocenters. The molecule has 2 aromatic heterocycles. The molecule has 4 nitrogen and oxygen atoms in total. The summed E-state index contributed by atoms with van der Waals surface area (Å²) >= 11 is 1.43. The molecule has 19 heavy (non-hydrogen) atoms. The van der Waals surface area contributed by atoms with Crippen molar-refractivity contribution >= 4 is 22.7 Å². The molecular formula is C14H11N3OS. The summed E-state index contributed by atoms with van der Waals surface area (Å²) in [5.41, 5.74) is 1.72. The van der Waals surface area contributed by atoms with Gasteiger partial charge in [0.2, 0.25) is 0 Å². The van der Waals surface area contributed by atoms with Crippen molar-refractivity contribution in [3.8, 4) is 0 Å². The number of para-hydroxylation sites is 1. The maximum Gasteiger partial charge on any atom is 0.116 e. The molecule has 0 aliphatic carbocycles. The number of aliphatic hydroxyl groups excluding tert-OH is 1. The molecule has 0 spiro atoms. The molecule has 5 heteroatoms. The largest absolute Gasteiger partial charge is 0.392 e. The van der Waals surface area contributed by atoms with Crippen LogP contribution in [0.4, 0.5) is 0 Å². The summed E-state index contributed by atoms with van der Waals surface area (Å²) in [6, 6.07) is 11.6. The smallest absolute Gasteiger partial charge is 0.116 e. The highest BCUT2D eigenvalue weighted by Gasteiger charge is 2.08. The topological polar surface area (TPSA) is 58.9 Å². The molecule has 0 unspecified atom stereocenters. The van der Waals surface area contributed by atoms with E-state index in [1.54, 1.807) is 6.20 Å². The standard InChI is InChI=1S/C14H11N3OS/c18-8-11-7-10-3-1-2-4-12(10)17-14(11)19-13-5-6-15-9-16-13/h1-7,9,18H,8H2. The van der Waals surface area contributed by atoms with Crippen LogP contribution in [0.3, 0.4) is 0 Å². The van der Waals surface area contributed by atoms with E-state index in [4.69, 9.17) is 0 Å². The molecule has 94 valence electrons. The molecule has 0 aliphatic rings. The lowest BCUT2D eigenvalue weighted by Crippen LogP contribution is -1.93. The molecule has 0 aliphatic heterocycles. The number of fused-ring (bicyclic) bond motifs is 1. The zero-order chi connectivity index (χ0) is 13.1. The molecule has 0 saturated heterocycles. The fraction of sp³-hybridized carbons (Fsp3) is 0.0714. The van der Waals surface area contributed by atoms with E-state index in [0.29, 0.717) is 0 Å². The minimum Gasteiger partial charge on any atom is -0.392 e. The Bertz CT molecular complexity index is 703. The van der Waals surface area contributed by atoms with Gasteiger partial charge in [-0.3, -0.25) is 0 Å². The first-order valence-corrected chi connectivity index (χ1v) is 6.62. The van der Waals surface area contributed by atoms with Gasteiger partial charge in [0.05, 0.1) is 12.1 Å². The highest BCUT2D eigenvalue weighted by molar-refractivity contribution is 7.99. The van der Waals surface area contributed by atoms with Crippen LogP contribution in [-0.4, -0.2) is 20.1 Å². The molecule has 0 bridgehead atoms. The number of pyridine rings is 1. The van der Waals surface area contributed by atoms with Gasteiger partial charge in [-0.1, -0.05) is 18.2 Å². The molecule has 0 fully saturated rings. The van der Waals surface area contributed by atoms with Gasteiger partial charge in [-0.25, -0.2) is 15.0 Å². The Hall–Kier alpha value is -1.98. The van der Waals surface area contributed by atoms with E-state index in [1.165, 1.54) is 18.1 Å². The molecule has 0 amide bonds. The van der Waals surface area contributed by atoms with E-state index in [0.717, 1.165) is 26.5 Å². The van der Waals surface area contributed by atoms with Crippen LogP contribution in [0.15, 0.2) is 59.0 Å². The Morgan fingerprint density at radius 3 is 2.84 bits per heavy atom. The average Bonchev–Trinajstić information content (AvgIpc) is 2.47. The van der Waals surface area contributed by atoms with Gasteiger partial charge in [-0.05, 0) is 30.0 Å². The van der Waals surface area contributed by atoms with Crippen LogP contribution < -0.4 is 0 Å². The summed E-state index contributed by atoms with van der Waals surface area (Å²) in [4.78, 5) is 12.6. The number of hydrogen-bond acceptors (Lipinski definition) is 5. The second-order valence-corrected chi connectivity index (χ2v) is 4.96. The van der Waals surface area contributed by atoms with Gasteiger partial charge in [0, 0.05) is 17.1 Å². The van der Waals surface area contributed by atoms with Crippen molar-refractivity contribution in [2.75, 3.05) is 0 Å². The molecule has 0 radical (unpaired) electrons.